The summed E-state index contributed by atoms with van der Waals surface area (Å²) in [5.74, 6) is -0.704. The van der Waals surface area contributed by atoms with Crippen molar-refractivity contribution in [1.82, 2.24) is 4.48 Å². The molecule has 1 N–H and O–H groups in total. The number of hydrogen-bond donors (Lipinski definition) is 1. The lowest BCUT2D eigenvalue weighted by Crippen LogP contribution is -2.34. The number of nitro benzene ring substituents is 1. The predicted octanol–water partition coefficient (Wildman–Crippen LogP) is 1.97. The monoisotopic (exact) mass is 389 g/mol. The van der Waals surface area contributed by atoms with Crippen LogP contribution in [0.4, 0.5) is 24.5 Å². The minimum absolute atomic E-state index is 0.0327. The third-order valence-corrected chi connectivity index (χ3v) is 3.24. The van der Waals surface area contributed by atoms with Crippen molar-refractivity contribution in [2.45, 2.75) is 5.51 Å². The summed E-state index contributed by atoms with van der Waals surface area (Å²) in [6.07, 6.45) is 0. The van der Waals surface area contributed by atoms with Gasteiger partial charge in [-0.3, -0.25) is 19.2 Å². The molecular weight excluding hydrogens is 373 g/mol. The van der Waals surface area contributed by atoms with Crippen LogP contribution in [0.25, 0.3) is 0 Å². The van der Waals surface area contributed by atoms with Gasteiger partial charge in [-0.25, -0.2) is 4.79 Å². The SMILES string of the molecule is COC(=O)c1ccc([N+](C)(C)C)cc1[N+](=O)[O-].O=S(=O)(O)C(F)(F)F. The number of esters is 1. The maximum Gasteiger partial charge on any atom is 0.522 e. The van der Waals surface area contributed by atoms with Gasteiger partial charge in [-0.05, 0) is 6.07 Å². The molecule has 0 bridgehead atoms. The van der Waals surface area contributed by atoms with Crippen LogP contribution in [0.2, 0.25) is 0 Å². The smallest absolute Gasteiger partial charge is 0.465 e. The number of alkyl halides is 3. The largest absolute Gasteiger partial charge is 0.522 e. The lowest BCUT2D eigenvalue weighted by molar-refractivity contribution is -0.385. The van der Waals surface area contributed by atoms with E-state index in [1.165, 1.54) is 19.2 Å². The van der Waals surface area contributed by atoms with Crippen LogP contribution in [-0.2, 0) is 14.9 Å². The molecule has 1 rings (SSSR count). The zero-order valence-corrected chi connectivity index (χ0v) is 14.4. The number of benzene rings is 1. The Hall–Kier alpha value is -2.25. The Balaban J connectivity index is 0.000000609. The topological polar surface area (TPSA) is 124 Å². The van der Waals surface area contributed by atoms with Crippen molar-refractivity contribution in [2.24, 2.45) is 0 Å². The van der Waals surface area contributed by atoms with Gasteiger partial charge < -0.3 is 4.74 Å². The van der Waals surface area contributed by atoms with Gasteiger partial charge in [-0.1, -0.05) is 0 Å². The summed E-state index contributed by atoms with van der Waals surface area (Å²) in [7, 11) is 1.01. The average molecular weight is 389 g/mol. The Morgan fingerprint density at radius 2 is 1.72 bits per heavy atom. The lowest BCUT2D eigenvalue weighted by Gasteiger charge is -2.23. The van der Waals surface area contributed by atoms with E-state index >= 15 is 0 Å². The van der Waals surface area contributed by atoms with E-state index in [9.17, 15) is 28.1 Å². The fourth-order valence-corrected chi connectivity index (χ4v) is 1.37. The average Bonchev–Trinajstić information content (AvgIpc) is 2.43. The molecule has 13 heteroatoms. The number of nitrogens with zero attached hydrogens (tertiary/aromatic N) is 2. The molecule has 0 fully saturated rings. The first-order valence-corrected chi connectivity index (χ1v) is 7.69. The van der Waals surface area contributed by atoms with E-state index in [0.29, 0.717) is 4.48 Å². The van der Waals surface area contributed by atoms with Crippen molar-refractivity contribution >= 4 is 27.5 Å². The summed E-state index contributed by atoms with van der Waals surface area (Å²) in [5.41, 5.74) is -5.06. The van der Waals surface area contributed by atoms with Gasteiger partial charge in [-0.15, -0.1) is 0 Å². The van der Waals surface area contributed by atoms with E-state index in [2.05, 4.69) is 4.74 Å². The number of carbonyl (C=O) groups excluding carboxylic acids is 1. The second kappa shape index (κ2) is 7.76. The van der Waals surface area contributed by atoms with E-state index in [1.54, 1.807) is 6.07 Å². The predicted molar refractivity (Wildman–Crippen MR) is 81.6 cm³/mol. The van der Waals surface area contributed by atoms with Crippen molar-refractivity contribution in [3.63, 3.8) is 0 Å². The van der Waals surface area contributed by atoms with Crippen molar-refractivity contribution in [2.75, 3.05) is 28.3 Å². The molecule has 0 spiro atoms. The number of rotatable bonds is 3. The molecule has 0 aromatic heterocycles. The van der Waals surface area contributed by atoms with Crippen LogP contribution >= 0.6 is 0 Å². The molecule has 0 radical (unpaired) electrons. The number of halogens is 3. The number of quaternary nitrogens is 1. The van der Waals surface area contributed by atoms with Gasteiger partial charge in [0.15, 0.2) is 0 Å². The highest BCUT2D eigenvalue weighted by Gasteiger charge is 2.44. The number of nitro groups is 1. The first-order valence-electron chi connectivity index (χ1n) is 6.25. The molecule has 0 aliphatic carbocycles. The summed E-state index contributed by atoms with van der Waals surface area (Å²) in [6, 6.07) is 4.49. The normalized spacial score (nSPS) is 12.0. The molecule has 0 aliphatic heterocycles. The van der Waals surface area contributed by atoms with Crippen molar-refractivity contribution in [3.8, 4) is 0 Å². The van der Waals surface area contributed by atoms with Crippen LogP contribution in [0.3, 0.4) is 0 Å². The Morgan fingerprint density at radius 1 is 1.28 bits per heavy atom. The zero-order valence-electron chi connectivity index (χ0n) is 13.6. The number of ether oxygens (including phenoxy) is 1. The highest BCUT2D eigenvalue weighted by molar-refractivity contribution is 7.86. The van der Waals surface area contributed by atoms with E-state index < -0.39 is 26.5 Å². The van der Waals surface area contributed by atoms with Crippen LogP contribution in [0.5, 0.6) is 0 Å². The summed E-state index contributed by atoms with van der Waals surface area (Å²) < 4.78 is 62.5. The molecule has 0 saturated heterocycles. The molecule has 0 heterocycles. The van der Waals surface area contributed by atoms with Crippen LogP contribution < -0.4 is 4.48 Å². The minimum Gasteiger partial charge on any atom is -0.465 e. The van der Waals surface area contributed by atoms with Crippen LogP contribution in [0.15, 0.2) is 18.2 Å². The molecule has 0 unspecified atom stereocenters. The van der Waals surface area contributed by atoms with Crippen LogP contribution in [0.1, 0.15) is 10.4 Å². The maximum atomic E-state index is 11.4. The van der Waals surface area contributed by atoms with E-state index in [1.807, 2.05) is 21.1 Å². The van der Waals surface area contributed by atoms with E-state index in [4.69, 9.17) is 13.0 Å². The molecule has 1 aromatic carbocycles. The molecule has 1 aromatic rings. The second-order valence-electron chi connectivity index (χ2n) is 5.38. The van der Waals surface area contributed by atoms with Gasteiger partial charge in [0.05, 0.1) is 39.2 Å². The second-order valence-corrected chi connectivity index (χ2v) is 6.80. The van der Waals surface area contributed by atoms with Gasteiger partial charge >= 0.3 is 21.6 Å². The summed E-state index contributed by atoms with van der Waals surface area (Å²) in [5, 5.41) is 10.9. The zero-order chi connectivity index (χ0) is 20.2. The highest BCUT2D eigenvalue weighted by Crippen LogP contribution is 2.27. The first-order chi connectivity index (χ1) is 11.0. The van der Waals surface area contributed by atoms with Gasteiger partial charge in [-0.2, -0.15) is 21.6 Å². The highest BCUT2D eigenvalue weighted by atomic mass is 32.2. The first kappa shape index (κ1) is 22.8. The van der Waals surface area contributed by atoms with E-state index in [-0.39, 0.29) is 11.3 Å². The van der Waals surface area contributed by atoms with Crippen molar-refractivity contribution in [3.05, 3.63) is 33.9 Å². The van der Waals surface area contributed by atoms with Crippen molar-refractivity contribution < 1.29 is 40.6 Å². The van der Waals surface area contributed by atoms with Gasteiger partial charge in [0.1, 0.15) is 11.3 Å². The molecule has 0 amide bonds. The number of carbonyl (C=O) groups is 1. The standard InChI is InChI=1S/C11H15N2O4.CHF3O3S/c1-13(2,3)8-5-6-9(11(14)17-4)10(7-8)12(15)16;2-1(3,4)8(5,6)7/h5-7H,1-4H3;(H,5,6,7)/q+1;. The number of hydrogen-bond acceptors (Lipinski definition) is 6. The Morgan fingerprint density at radius 3 is 2.00 bits per heavy atom. The fraction of sp³-hybridized carbons (Fsp3) is 0.417. The Labute approximate surface area is 141 Å². The maximum absolute atomic E-state index is 11.4. The third kappa shape index (κ3) is 6.64. The quantitative estimate of drug-likeness (QED) is 0.209. The molecule has 0 atom stereocenters. The molecular formula is C12H16F3N2O7S+. The molecule has 142 valence electrons. The number of methoxy groups -OCH3 is 1. The molecule has 9 nitrogen and oxygen atoms in total. The van der Waals surface area contributed by atoms with Crippen LogP contribution in [-0.4, -0.2) is 57.6 Å². The van der Waals surface area contributed by atoms with Crippen LogP contribution in [0, 0.1) is 10.1 Å². The Bertz CT molecular complexity index is 755. The van der Waals surface area contributed by atoms with E-state index in [0.717, 1.165) is 5.69 Å². The Kier molecular flexibility index (Phi) is 7.06. The molecule has 25 heavy (non-hydrogen) atoms. The summed E-state index contributed by atoms with van der Waals surface area (Å²) >= 11 is 0. The molecule has 0 aliphatic rings. The molecule has 0 saturated carbocycles. The summed E-state index contributed by atoms with van der Waals surface area (Å²) in [4.78, 5) is 21.7. The van der Waals surface area contributed by atoms with Gasteiger partial charge in [0.25, 0.3) is 5.69 Å². The lowest BCUT2D eigenvalue weighted by atomic mass is 10.1. The third-order valence-electron chi connectivity index (χ3n) is 2.65. The van der Waals surface area contributed by atoms with Gasteiger partial charge in [0, 0.05) is 6.07 Å². The fourth-order valence-electron chi connectivity index (χ4n) is 1.37. The summed E-state index contributed by atoms with van der Waals surface area (Å²) in [6.45, 7) is 0. The van der Waals surface area contributed by atoms with Crippen molar-refractivity contribution in [1.29, 1.82) is 0 Å². The minimum atomic E-state index is -5.84. The van der Waals surface area contributed by atoms with Gasteiger partial charge in [0.2, 0.25) is 0 Å².